The molecule has 0 heterocycles. The van der Waals surface area contributed by atoms with Crippen LogP contribution in [-0.4, -0.2) is 13.6 Å². The van der Waals surface area contributed by atoms with Crippen LogP contribution in [0.2, 0.25) is 0 Å². The highest BCUT2D eigenvalue weighted by molar-refractivity contribution is 4.72. The first kappa shape index (κ1) is 7.07. The molecular weight excluding hydrogens is 110 g/mol. The molecule has 1 aliphatic carbocycles. The maximum absolute atomic E-state index is 3.16. The van der Waals surface area contributed by atoms with Gasteiger partial charge in [-0.25, -0.2) is 0 Å². The highest BCUT2D eigenvalue weighted by atomic mass is 14.8. The first-order valence-corrected chi connectivity index (χ1v) is 4.08. The molecule has 1 aliphatic rings. The number of nitrogens with one attached hydrogen (secondary N) is 1. The molecule has 54 valence electrons. The Morgan fingerprint density at radius 2 is 2.11 bits per heavy atom. The second kappa shape index (κ2) is 3.89. The number of hydrogen-bond donors (Lipinski definition) is 1. The normalized spacial score (nSPS) is 18.3. The molecule has 1 N–H and O–H groups in total. The summed E-state index contributed by atoms with van der Waals surface area (Å²) >= 11 is 0. The van der Waals surface area contributed by atoms with Gasteiger partial charge >= 0.3 is 0 Å². The topological polar surface area (TPSA) is 12.0 Å². The van der Waals surface area contributed by atoms with Gasteiger partial charge in [-0.05, 0) is 25.9 Å². The second-order valence-electron chi connectivity index (χ2n) is 3.04. The van der Waals surface area contributed by atoms with E-state index in [0.717, 1.165) is 5.92 Å². The third-order valence-corrected chi connectivity index (χ3v) is 1.99. The molecule has 1 rings (SSSR count). The fraction of sp³-hybridized carbons (Fsp3) is 1.00. The Bertz CT molecular complexity index is 67.0. The number of rotatable bonds is 5. The summed E-state index contributed by atoms with van der Waals surface area (Å²) in [6, 6.07) is 0. The van der Waals surface area contributed by atoms with Crippen LogP contribution in [0.25, 0.3) is 0 Å². The molecule has 0 aromatic rings. The van der Waals surface area contributed by atoms with Crippen molar-refractivity contribution in [3.63, 3.8) is 0 Å². The van der Waals surface area contributed by atoms with E-state index >= 15 is 0 Å². The monoisotopic (exact) mass is 127 g/mol. The van der Waals surface area contributed by atoms with E-state index in [1.165, 1.54) is 38.6 Å². The van der Waals surface area contributed by atoms with Gasteiger partial charge in [0.2, 0.25) is 0 Å². The van der Waals surface area contributed by atoms with Crippen molar-refractivity contribution in [3.8, 4) is 0 Å². The van der Waals surface area contributed by atoms with Gasteiger partial charge < -0.3 is 5.32 Å². The SMILES string of the molecule is CNCCCCC1CC1. The number of hydrogen-bond acceptors (Lipinski definition) is 1. The summed E-state index contributed by atoms with van der Waals surface area (Å²) < 4.78 is 0. The third kappa shape index (κ3) is 3.52. The van der Waals surface area contributed by atoms with Crippen molar-refractivity contribution in [1.29, 1.82) is 0 Å². The maximum atomic E-state index is 3.16. The van der Waals surface area contributed by atoms with Crippen molar-refractivity contribution < 1.29 is 0 Å². The van der Waals surface area contributed by atoms with E-state index < -0.39 is 0 Å². The quantitative estimate of drug-likeness (QED) is 0.555. The van der Waals surface area contributed by atoms with Gasteiger partial charge in [-0.3, -0.25) is 0 Å². The molecule has 0 saturated heterocycles. The Balaban J connectivity index is 1.71. The van der Waals surface area contributed by atoms with E-state index in [9.17, 15) is 0 Å². The summed E-state index contributed by atoms with van der Waals surface area (Å²) in [6.07, 6.45) is 7.32. The summed E-state index contributed by atoms with van der Waals surface area (Å²) in [6.45, 7) is 1.20. The minimum atomic E-state index is 1.13. The molecule has 0 aromatic carbocycles. The molecular formula is C8H17N. The van der Waals surface area contributed by atoms with Crippen molar-refractivity contribution in [2.75, 3.05) is 13.6 Å². The van der Waals surface area contributed by atoms with E-state index in [0.29, 0.717) is 0 Å². The average Bonchev–Trinajstić information content (AvgIpc) is 2.63. The molecule has 9 heavy (non-hydrogen) atoms. The standard InChI is InChI=1S/C8H17N/c1-9-7-3-2-4-8-5-6-8/h8-9H,2-7H2,1H3. The minimum absolute atomic E-state index is 1.13. The van der Waals surface area contributed by atoms with Crippen molar-refractivity contribution in [3.05, 3.63) is 0 Å². The predicted molar refractivity (Wildman–Crippen MR) is 40.5 cm³/mol. The summed E-state index contributed by atoms with van der Waals surface area (Å²) in [7, 11) is 2.02. The van der Waals surface area contributed by atoms with Gasteiger partial charge in [-0.1, -0.05) is 25.7 Å². The van der Waals surface area contributed by atoms with E-state index in [-0.39, 0.29) is 0 Å². The second-order valence-corrected chi connectivity index (χ2v) is 3.04. The molecule has 0 amide bonds. The van der Waals surface area contributed by atoms with E-state index in [1.54, 1.807) is 0 Å². The molecule has 1 nitrogen and oxygen atoms in total. The zero-order chi connectivity index (χ0) is 6.53. The Hall–Kier alpha value is -0.0400. The summed E-state index contributed by atoms with van der Waals surface area (Å²) in [5, 5.41) is 3.16. The molecule has 0 aromatic heterocycles. The third-order valence-electron chi connectivity index (χ3n) is 1.99. The Kier molecular flexibility index (Phi) is 3.05. The highest BCUT2D eigenvalue weighted by Crippen LogP contribution is 2.33. The molecule has 0 radical (unpaired) electrons. The van der Waals surface area contributed by atoms with E-state index in [4.69, 9.17) is 0 Å². The fourth-order valence-electron chi connectivity index (χ4n) is 1.14. The Morgan fingerprint density at radius 1 is 1.33 bits per heavy atom. The Morgan fingerprint density at radius 3 is 2.67 bits per heavy atom. The van der Waals surface area contributed by atoms with Crippen LogP contribution in [0.4, 0.5) is 0 Å². The highest BCUT2D eigenvalue weighted by Gasteiger charge is 2.19. The molecule has 0 aliphatic heterocycles. The van der Waals surface area contributed by atoms with Crippen molar-refractivity contribution in [2.24, 2.45) is 5.92 Å². The lowest BCUT2D eigenvalue weighted by molar-refractivity contribution is 0.606. The minimum Gasteiger partial charge on any atom is -0.320 e. The van der Waals surface area contributed by atoms with Gasteiger partial charge in [-0.2, -0.15) is 0 Å². The van der Waals surface area contributed by atoms with Gasteiger partial charge in [0.15, 0.2) is 0 Å². The van der Waals surface area contributed by atoms with Crippen molar-refractivity contribution in [2.45, 2.75) is 32.1 Å². The maximum Gasteiger partial charge on any atom is -0.00519 e. The molecule has 0 unspecified atom stereocenters. The van der Waals surface area contributed by atoms with Crippen molar-refractivity contribution in [1.82, 2.24) is 5.32 Å². The van der Waals surface area contributed by atoms with Gasteiger partial charge in [0.1, 0.15) is 0 Å². The molecule has 1 heteroatoms. The lowest BCUT2D eigenvalue weighted by Gasteiger charge is -1.96. The van der Waals surface area contributed by atoms with E-state index in [1.807, 2.05) is 7.05 Å². The summed E-state index contributed by atoms with van der Waals surface area (Å²) in [5.41, 5.74) is 0. The van der Waals surface area contributed by atoms with Crippen LogP contribution in [0.15, 0.2) is 0 Å². The molecule has 0 bridgehead atoms. The van der Waals surface area contributed by atoms with Crippen molar-refractivity contribution >= 4 is 0 Å². The van der Waals surface area contributed by atoms with Crippen LogP contribution in [-0.2, 0) is 0 Å². The van der Waals surface area contributed by atoms with Crippen LogP contribution < -0.4 is 5.32 Å². The van der Waals surface area contributed by atoms with Crippen LogP contribution >= 0.6 is 0 Å². The molecule has 1 saturated carbocycles. The van der Waals surface area contributed by atoms with Gasteiger partial charge in [0.25, 0.3) is 0 Å². The van der Waals surface area contributed by atoms with Crippen LogP contribution in [0.5, 0.6) is 0 Å². The van der Waals surface area contributed by atoms with Crippen LogP contribution in [0, 0.1) is 5.92 Å². The molecule has 0 atom stereocenters. The lowest BCUT2D eigenvalue weighted by atomic mass is 10.2. The zero-order valence-electron chi connectivity index (χ0n) is 6.32. The molecule has 0 spiro atoms. The van der Waals surface area contributed by atoms with Gasteiger partial charge in [0.05, 0.1) is 0 Å². The lowest BCUT2D eigenvalue weighted by Crippen LogP contribution is -2.06. The summed E-state index contributed by atoms with van der Waals surface area (Å²) in [5.74, 6) is 1.13. The number of unbranched alkanes of at least 4 members (excludes halogenated alkanes) is 1. The largest absolute Gasteiger partial charge is 0.320 e. The summed E-state index contributed by atoms with van der Waals surface area (Å²) in [4.78, 5) is 0. The van der Waals surface area contributed by atoms with Crippen LogP contribution in [0.1, 0.15) is 32.1 Å². The first-order chi connectivity index (χ1) is 4.43. The van der Waals surface area contributed by atoms with E-state index in [2.05, 4.69) is 5.32 Å². The Labute approximate surface area is 57.8 Å². The smallest absolute Gasteiger partial charge is 0.00519 e. The molecule has 1 fully saturated rings. The van der Waals surface area contributed by atoms with Gasteiger partial charge in [-0.15, -0.1) is 0 Å². The average molecular weight is 127 g/mol. The van der Waals surface area contributed by atoms with Crippen LogP contribution in [0.3, 0.4) is 0 Å². The predicted octanol–water partition coefficient (Wildman–Crippen LogP) is 1.79. The zero-order valence-corrected chi connectivity index (χ0v) is 6.32. The fourth-order valence-corrected chi connectivity index (χ4v) is 1.14. The first-order valence-electron chi connectivity index (χ1n) is 4.08. The van der Waals surface area contributed by atoms with Gasteiger partial charge in [0, 0.05) is 0 Å².